The lowest BCUT2D eigenvalue weighted by molar-refractivity contribution is 0.219. The van der Waals surface area contributed by atoms with Gasteiger partial charge in [-0.25, -0.2) is 9.37 Å². The monoisotopic (exact) mass is 494 g/mol. The van der Waals surface area contributed by atoms with Crippen molar-refractivity contribution in [1.82, 2.24) is 15.0 Å². The van der Waals surface area contributed by atoms with Gasteiger partial charge in [0.1, 0.15) is 11.3 Å². The van der Waals surface area contributed by atoms with Gasteiger partial charge in [0.2, 0.25) is 0 Å². The van der Waals surface area contributed by atoms with E-state index in [1.165, 1.54) is 0 Å². The first kappa shape index (κ1) is 26.2. The molecule has 2 N–H and O–H groups in total. The number of hydrogen-bond donors (Lipinski definition) is 2. The summed E-state index contributed by atoms with van der Waals surface area (Å²) in [6.45, 7) is 15.6. The molecule has 190 valence electrons. The fourth-order valence-electron chi connectivity index (χ4n) is 4.16. The first-order valence-corrected chi connectivity index (χ1v) is 12.7. The maximum Gasteiger partial charge on any atom is 0.138 e. The topological polar surface area (TPSA) is 53.6 Å². The molecule has 0 amide bonds. The van der Waals surface area contributed by atoms with E-state index in [9.17, 15) is 4.39 Å². The molecule has 37 heavy (non-hydrogen) atoms. The largest absolute Gasteiger partial charge is 0.358 e. The van der Waals surface area contributed by atoms with Crippen LogP contribution in [0.3, 0.4) is 0 Å². The van der Waals surface area contributed by atoms with E-state index in [1.807, 2.05) is 25.3 Å². The summed E-state index contributed by atoms with van der Waals surface area (Å²) in [6.07, 6.45) is 4.96. The highest BCUT2D eigenvalue weighted by Crippen LogP contribution is 2.30. The lowest BCUT2D eigenvalue weighted by atomic mass is 9.96. The number of benzene rings is 1. The third kappa shape index (κ3) is 6.65. The zero-order valence-electron chi connectivity index (χ0n) is 22.6. The molecule has 0 unspecified atom stereocenters. The highest BCUT2D eigenvalue weighted by Gasteiger charge is 2.23. The minimum Gasteiger partial charge on any atom is -0.358 e. The average molecular weight is 495 g/mol. The summed E-state index contributed by atoms with van der Waals surface area (Å²) in [5.74, 6) is 6.47. The number of alkyl halides is 1. The maximum atomic E-state index is 14.7. The van der Waals surface area contributed by atoms with Gasteiger partial charge in [0.15, 0.2) is 0 Å². The van der Waals surface area contributed by atoms with E-state index in [1.54, 1.807) is 20.0 Å². The lowest BCUT2D eigenvalue weighted by Gasteiger charge is -2.20. The van der Waals surface area contributed by atoms with Crippen LogP contribution in [0.5, 0.6) is 0 Å². The van der Waals surface area contributed by atoms with E-state index in [0.717, 1.165) is 50.5 Å². The first-order valence-electron chi connectivity index (χ1n) is 12.7. The van der Waals surface area contributed by atoms with Gasteiger partial charge in [-0.3, -0.25) is 4.98 Å². The van der Waals surface area contributed by atoms with Crippen molar-refractivity contribution in [2.45, 2.75) is 60.1 Å². The fraction of sp³-hybridized carbons (Fsp3) is 0.312. The molecule has 0 saturated carbocycles. The maximum absolute atomic E-state index is 14.7. The summed E-state index contributed by atoms with van der Waals surface area (Å²) in [7, 11) is 0. The molecule has 5 heteroatoms. The smallest absolute Gasteiger partial charge is 0.138 e. The highest BCUT2D eigenvalue weighted by molar-refractivity contribution is 5.83. The quantitative estimate of drug-likeness (QED) is 0.256. The van der Waals surface area contributed by atoms with Crippen molar-refractivity contribution in [3.8, 4) is 23.0 Å². The van der Waals surface area contributed by atoms with E-state index in [-0.39, 0.29) is 5.41 Å². The van der Waals surface area contributed by atoms with E-state index in [4.69, 9.17) is 0 Å². The molecule has 4 rings (SSSR count). The number of hydrogen-bond acceptors (Lipinski definition) is 3. The number of nitrogens with one attached hydrogen (secondary N) is 2. The second kappa shape index (κ2) is 10.2. The molecule has 0 atom stereocenters. The third-order valence-electron chi connectivity index (χ3n) is 6.01. The summed E-state index contributed by atoms with van der Waals surface area (Å²) in [6, 6.07) is 14.4. The summed E-state index contributed by atoms with van der Waals surface area (Å²) < 4.78 is 14.7. The molecule has 0 aliphatic heterocycles. The fourth-order valence-corrected chi connectivity index (χ4v) is 4.16. The van der Waals surface area contributed by atoms with Crippen LogP contribution in [0.1, 0.15) is 64.1 Å². The van der Waals surface area contributed by atoms with Crippen molar-refractivity contribution in [3.63, 3.8) is 0 Å². The predicted octanol–water partition coefficient (Wildman–Crippen LogP) is 7.96. The number of pyridine rings is 2. The number of allylic oxidation sites excluding steroid dienone is 1. The van der Waals surface area contributed by atoms with Gasteiger partial charge in [0, 0.05) is 45.9 Å². The van der Waals surface area contributed by atoms with Crippen LogP contribution < -0.4 is 5.32 Å². The molecule has 0 aliphatic rings. The van der Waals surface area contributed by atoms with E-state index in [0.29, 0.717) is 18.4 Å². The molecule has 0 bridgehead atoms. The molecule has 1 aromatic carbocycles. The third-order valence-corrected chi connectivity index (χ3v) is 6.01. The molecule has 0 radical (unpaired) electrons. The van der Waals surface area contributed by atoms with Crippen molar-refractivity contribution in [2.24, 2.45) is 5.41 Å². The second-order valence-electron chi connectivity index (χ2n) is 11.0. The second-order valence-corrected chi connectivity index (χ2v) is 11.0. The minimum atomic E-state index is -1.45. The van der Waals surface area contributed by atoms with E-state index >= 15 is 0 Å². The van der Waals surface area contributed by atoms with Gasteiger partial charge in [-0.2, -0.15) is 0 Å². The van der Waals surface area contributed by atoms with Gasteiger partial charge in [-0.1, -0.05) is 43.7 Å². The van der Waals surface area contributed by atoms with Crippen LogP contribution >= 0.6 is 0 Å². The van der Waals surface area contributed by atoms with E-state index < -0.39 is 5.67 Å². The number of aromatic nitrogens is 3. The van der Waals surface area contributed by atoms with Crippen LogP contribution in [0.15, 0.2) is 67.1 Å². The first-order chi connectivity index (χ1) is 17.4. The van der Waals surface area contributed by atoms with Gasteiger partial charge in [0.25, 0.3) is 0 Å². The van der Waals surface area contributed by atoms with Crippen LogP contribution in [0, 0.1) is 17.3 Å². The Morgan fingerprint density at radius 3 is 2.38 bits per heavy atom. The normalized spacial score (nSPS) is 11.8. The summed E-state index contributed by atoms with van der Waals surface area (Å²) >= 11 is 0. The number of nitrogens with zero attached hydrogens (tertiary/aromatic N) is 2. The Morgan fingerprint density at radius 1 is 1.00 bits per heavy atom. The molecule has 0 saturated heterocycles. The molecule has 3 aromatic heterocycles. The SMILES string of the molecule is C=C(Cc1ccc(-c2cnc3[nH]c(C#CC(C)(C)C)cc3c2)cc1)Nc1cnc(CC)c(C(C)(C)F)c1. The van der Waals surface area contributed by atoms with Crippen LogP contribution in [-0.2, 0) is 18.5 Å². The predicted molar refractivity (Wildman–Crippen MR) is 152 cm³/mol. The van der Waals surface area contributed by atoms with Gasteiger partial charge >= 0.3 is 0 Å². The number of fused-ring (bicyclic) bond motifs is 1. The summed E-state index contributed by atoms with van der Waals surface area (Å²) in [5, 5.41) is 4.33. The molecule has 0 fully saturated rings. The Morgan fingerprint density at radius 2 is 1.73 bits per heavy atom. The molecule has 0 aliphatic carbocycles. The van der Waals surface area contributed by atoms with Crippen LogP contribution in [0.2, 0.25) is 0 Å². The molecule has 4 nitrogen and oxygen atoms in total. The Balaban J connectivity index is 1.45. The number of halogens is 1. The van der Waals surface area contributed by atoms with Crippen molar-refractivity contribution < 1.29 is 4.39 Å². The number of rotatable bonds is 7. The Kier molecular flexibility index (Phi) is 7.23. The summed E-state index contributed by atoms with van der Waals surface area (Å²) in [4.78, 5) is 12.3. The molecule has 0 spiro atoms. The standard InChI is InChI=1S/C32H35FN4/c1-8-29-28(32(6,7)33)18-27(20-34-29)36-21(2)15-22-9-11-23(12-10-22)25-16-24-17-26(13-14-31(3,4)5)37-30(24)35-19-25/h9-12,16-20,36H,2,8,15H2,1,3-7H3,(H,35,37). The molecular formula is C32H35FN4. The van der Waals surface area contributed by atoms with Crippen LogP contribution in [0.4, 0.5) is 10.1 Å². The Hall–Kier alpha value is -3.91. The number of aromatic amines is 1. The Labute approximate surface area is 219 Å². The number of H-pyrrole nitrogens is 1. The van der Waals surface area contributed by atoms with Crippen molar-refractivity contribution >= 4 is 16.7 Å². The number of aryl methyl sites for hydroxylation is 1. The van der Waals surface area contributed by atoms with Crippen molar-refractivity contribution in [1.29, 1.82) is 0 Å². The average Bonchev–Trinajstić information content (AvgIpc) is 3.24. The summed E-state index contributed by atoms with van der Waals surface area (Å²) in [5.41, 5.74) is 6.43. The van der Waals surface area contributed by atoms with E-state index in [2.05, 4.69) is 89.8 Å². The zero-order chi connectivity index (χ0) is 26.8. The lowest BCUT2D eigenvalue weighted by Crippen LogP contribution is -2.14. The van der Waals surface area contributed by atoms with Crippen molar-refractivity contribution in [2.75, 3.05) is 5.32 Å². The zero-order valence-corrected chi connectivity index (χ0v) is 22.6. The number of anilines is 1. The van der Waals surface area contributed by atoms with Crippen molar-refractivity contribution in [3.05, 3.63) is 89.6 Å². The van der Waals surface area contributed by atoms with Gasteiger partial charge in [-0.05, 0) is 76.3 Å². The minimum absolute atomic E-state index is 0.0523. The van der Waals surface area contributed by atoms with Crippen LogP contribution in [0.25, 0.3) is 22.2 Å². The molecule has 3 heterocycles. The molecule has 4 aromatic rings. The molecular weight excluding hydrogens is 459 g/mol. The highest BCUT2D eigenvalue weighted by atomic mass is 19.1. The van der Waals surface area contributed by atoms with Crippen LogP contribution in [-0.4, -0.2) is 15.0 Å². The van der Waals surface area contributed by atoms with Gasteiger partial charge in [-0.15, -0.1) is 0 Å². The Bertz CT molecular complexity index is 1490. The van der Waals surface area contributed by atoms with Gasteiger partial charge < -0.3 is 10.3 Å². The van der Waals surface area contributed by atoms with Gasteiger partial charge in [0.05, 0.1) is 17.6 Å².